The summed E-state index contributed by atoms with van der Waals surface area (Å²) in [5.74, 6) is 0. The fourth-order valence-corrected chi connectivity index (χ4v) is 1.91. The van der Waals surface area contributed by atoms with Gasteiger partial charge in [0, 0.05) is 11.9 Å². The fraction of sp³-hybridized carbons (Fsp3) is 0.929. The van der Waals surface area contributed by atoms with Crippen LogP contribution >= 0.6 is 15.9 Å². The van der Waals surface area contributed by atoms with E-state index < -0.39 is 36.5 Å². The van der Waals surface area contributed by atoms with Crippen LogP contribution < -0.4 is 0 Å². The number of likely N-dealkylation sites (N-methyl/N-ethyl adjacent to an activating group) is 1. The van der Waals surface area contributed by atoms with Crippen molar-refractivity contribution in [1.29, 1.82) is 0 Å². The van der Waals surface area contributed by atoms with Crippen molar-refractivity contribution in [2.24, 2.45) is 0 Å². The summed E-state index contributed by atoms with van der Waals surface area (Å²) in [6, 6.07) is 0. The molecule has 132 valence electrons. The predicted molar refractivity (Wildman–Crippen MR) is 82.3 cm³/mol. The first kappa shape index (κ1) is 21.5. The number of amides is 1. The quantitative estimate of drug-likeness (QED) is 0.605. The molecule has 0 aliphatic heterocycles. The molecule has 0 fully saturated rings. The average Bonchev–Trinajstić information content (AvgIpc) is 2.32. The van der Waals surface area contributed by atoms with Crippen molar-refractivity contribution < 1.29 is 27.4 Å². The average molecular weight is 392 g/mol. The summed E-state index contributed by atoms with van der Waals surface area (Å²) in [4.78, 5) is 13.5. The Morgan fingerprint density at radius 1 is 1.18 bits per heavy atom. The molecule has 0 radical (unpaired) electrons. The van der Waals surface area contributed by atoms with Crippen molar-refractivity contribution in [3.8, 4) is 0 Å². The SMILES string of the molecule is CCN(CC(C)(CBr)OCCC(F)(F)F)C(=O)OC(C)(C)C. The molecule has 0 aliphatic carbocycles. The molecule has 0 saturated heterocycles. The molecule has 1 amide bonds. The standard InChI is InChI=1S/C14H25BrF3NO3/c1-6-19(11(20)22-12(2,3)4)10-13(5,9-15)21-8-7-14(16,17)18/h6-10H2,1-5H3. The topological polar surface area (TPSA) is 38.8 Å². The molecule has 0 aromatic rings. The molecule has 0 bridgehead atoms. The molecule has 0 aromatic carbocycles. The van der Waals surface area contributed by atoms with E-state index in [4.69, 9.17) is 9.47 Å². The van der Waals surface area contributed by atoms with E-state index >= 15 is 0 Å². The summed E-state index contributed by atoms with van der Waals surface area (Å²) in [7, 11) is 0. The highest BCUT2D eigenvalue weighted by Crippen LogP contribution is 2.23. The minimum Gasteiger partial charge on any atom is -0.444 e. The highest BCUT2D eigenvalue weighted by atomic mass is 79.9. The Bertz CT molecular complexity index is 358. The zero-order valence-electron chi connectivity index (χ0n) is 13.7. The van der Waals surface area contributed by atoms with Crippen molar-refractivity contribution in [2.75, 3.05) is 25.0 Å². The molecule has 1 unspecified atom stereocenters. The molecule has 0 aromatic heterocycles. The van der Waals surface area contributed by atoms with Crippen LogP contribution in [0.2, 0.25) is 0 Å². The smallest absolute Gasteiger partial charge is 0.410 e. The maximum Gasteiger partial charge on any atom is 0.410 e. The molecule has 1 atom stereocenters. The van der Waals surface area contributed by atoms with Gasteiger partial charge in [0.2, 0.25) is 0 Å². The Labute approximate surface area is 138 Å². The van der Waals surface area contributed by atoms with Gasteiger partial charge in [-0.1, -0.05) is 15.9 Å². The second-order valence-electron chi connectivity index (χ2n) is 6.29. The van der Waals surface area contributed by atoms with Crippen LogP contribution in [-0.4, -0.2) is 53.4 Å². The molecule has 8 heteroatoms. The summed E-state index contributed by atoms with van der Waals surface area (Å²) in [5.41, 5.74) is -1.55. The summed E-state index contributed by atoms with van der Waals surface area (Å²) in [6.07, 6.45) is -5.79. The summed E-state index contributed by atoms with van der Waals surface area (Å²) >= 11 is 3.24. The van der Waals surface area contributed by atoms with Gasteiger partial charge >= 0.3 is 12.3 Å². The van der Waals surface area contributed by atoms with E-state index in [9.17, 15) is 18.0 Å². The van der Waals surface area contributed by atoms with Crippen molar-refractivity contribution >= 4 is 22.0 Å². The number of hydrogen-bond acceptors (Lipinski definition) is 3. The number of rotatable bonds is 7. The number of ether oxygens (including phenoxy) is 2. The van der Waals surface area contributed by atoms with Gasteiger partial charge in [-0.3, -0.25) is 0 Å². The molecular formula is C14H25BrF3NO3. The second-order valence-corrected chi connectivity index (χ2v) is 6.85. The number of hydrogen-bond donors (Lipinski definition) is 0. The van der Waals surface area contributed by atoms with Crippen LogP contribution in [0.4, 0.5) is 18.0 Å². The monoisotopic (exact) mass is 391 g/mol. The van der Waals surface area contributed by atoms with E-state index in [1.165, 1.54) is 4.90 Å². The van der Waals surface area contributed by atoms with Crippen LogP contribution in [0.15, 0.2) is 0 Å². The Kier molecular flexibility index (Phi) is 8.19. The van der Waals surface area contributed by atoms with Crippen molar-refractivity contribution in [2.45, 2.75) is 58.4 Å². The van der Waals surface area contributed by atoms with E-state index in [1.807, 2.05) is 0 Å². The van der Waals surface area contributed by atoms with E-state index in [0.717, 1.165) is 0 Å². The van der Waals surface area contributed by atoms with Crippen LogP contribution in [0.5, 0.6) is 0 Å². The van der Waals surface area contributed by atoms with Crippen LogP contribution in [0.1, 0.15) is 41.0 Å². The minimum atomic E-state index is -4.26. The third-order valence-corrected chi connectivity index (χ3v) is 3.86. The van der Waals surface area contributed by atoms with Crippen molar-refractivity contribution in [3.63, 3.8) is 0 Å². The molecule has 4 nitrogen and oxygen atoms in total. The van der Waals surface area contributed by atoms with Gasteiger partial charge in [-0.15, -0.1) is 0 Å². The maximum atomic E-state index is 12.2. The molecule has 0 N–H and O–H groups in total. The third kappa shape index (κ3) is 9.50. The zero-order valence-corrected chi connectivity index (χ0v) is 15.3. The van der Waals surface area contributed by atoms with Crippen molar-refractivity contribution in [3.05, 3.63) is 0 Å². The summed E-state index contributed by atoms with van der Waals surface area (Å²) in [6.45, 7) is 8.76. The minimum absolute atomic E-state index is 0.140. The Balaban J connectivity index is 4.68. The Morgan fingerprint density at radius 3 is 2.09 bits per heavy atom. The fourth-order valence-electron chi connectivity index (χ4n) is 1.58. The van der Waals surface area contributed by atoms with Crippen molar-refractivity contribution in [1.82, 2.24) is 4.90 Å². The van der Waals surface area contributed by atoms with E-state index in [1.54, 1.807) is 34.6 Å². The molecule has 0 rings (SSSR count). The van der Waals surface area contributed by atoms with Gasteiger partial charge in [0.25, 0.3) is 0 Å². The van der Waals surface area contributed by atoms with Crippen LogP contribution in [0.3, 0.4) is 0 Å². The van der Waals surface area contributed by atoms with Crippen LogP contribution in [0.25, 0.3) is 0 Å². The summed E-state index contributed by atoms with van der Waals surface area (Å²) < 4.78 is 47.2. The van der Waals surface area contributed by atoms with E-state index in [0.29, 0.717) is 11.9 Å². The molecule has 22 heavy (non-hydrogen) atoms. The number of alkyl halides is 4. The van der Waals surface area contributed by atoms with Gasteiger partial charge in [0.1, 0.15) is 5.60 Å². The van der Waals surface area contributed by atoms with Crippen LogP contribution in [-0.2, 0) is 9.47 Å². The molecular weight excluding hydrogens is 367 g/mol. The number of halogens is 4. The predicted octanol–water partition coefficient (Wildman–Crippen LogP) is 4.37. The highest BCUT2D eigenvalue weighted by Gasteiger charge is 2.33. The normalized spacial score (nSPS) is 15.3. The van der Waals surface area contributed by atoms with E-state index in [2.05, 4.69) is 15.9 Å². The lowest BCUT2D eigenvalue weighted by Crippen LogP contribution is -2.48. The van der Waals surface area contributed by atoms with Crippen LogP contribution in [0, 0.1) is 0 Å². The number of nitrogens with zero attached hydrogens (tertiary/aromatic N) is 1. The van der Waals surface area contributed by atoms with Gasteiger partial charge < -0.3 is 14.4 Å². The zero-order chi connectivity index (χ0) is 17.6. The van der Waals surface area contributed by atoms with Gasteiger partial charge in [0.15, 0.2) is 0 Å². The maximum absolute atomic E-state index is 12.2. The largest absolute Gasteiger partial charge is 0.444 e. The summed E-state index contributed by atoms with van der Waals surface area (Å²) in [5, 5.41) is 0.303. The lowest BCUT2D eigenvalue weighted by molar-refractivity contribution is -0.156. The number of carbonyl (C=O) groups is 1. The first-order valence-corrected chi connectivity index (χ1v) is 8.18. The highest BCUT2D eigenvalue weighted by molar-refractivity contribution is 9.09. The van der Waals surface area contributed by atoms with E-state index in [-0.39, 0.29) is 6.54 Å². The lowest BCUT2D eigenvalue weighted by atomic mass is 10.1. The molecule has 0 aliphatic rings. The molecule has 0 heterocycles. The first-order chi connectivity index (χ1) is 9.82. The van der Waals surface area contributed by atoms with Gasteiger partial charge in [0.05, 0.1) is 25.2 Å². The third-order valence-electron chi connectivity index (χ3n) is 2.68. The van der Waals surface area contributed by atoms with Gasteiger partial charge in [-0.05, 0) is 34.6 Å². The van der Waals surface area contributed by atoms with Gasteiger partial charge in [-0.2, -0.15) is 13.2 Å². The number of carbonyl (C=O) groups excluding carboxylic acids is 1. The second kappa shape index (κ2) is 8.38. The lowest BCUT2D eigenvalue weighted by Gasteiger charge is -2.35. The molecule has 0 saturated carbocycles. The Morgan fingerprint density at radius 2 is 1.73 bits per heavy atom. The first-order valence-electron chi connectivity index (χ1n) is 7.06. The molecule has 0 spiro atoms. The Hall–Kier alpha value is -0.500. The van der Waals surface area contributed by atoms with Gasteiger partial charge in [-0.25, -0.2) is 4.79 Å².